The molecule has 1 rings (SSSR count). The van der Waals surface area contributed by atoms with Crippen LogP contribution in [0.4, 0.5) is 0 Å². The molecule has 0 aliphatic carbocycles. The highest BCUT2D eigenvalue weighted by Gasteiger charge is 2.20. The Bertz CT molecular complexity index is 77.1. The van der Waals surface area contributed by atoms with Gasteiger partial charge in [-0.3, -0.25) is 0 Å². The maximum atomic E-state index is 5.42. The molecule has 2 heteroatoms. The van der Waals surface area contributed by atoms with Crippen molar-refractivity contribution < 1.29 is 6.16 Å². The minimum absolute atomic E-state index is 0. The maximum absolute atomic E-state index is 5.42. The normalized spacial score (nSPS) is 40.1. The molecule has 1 heterocycles. The number of ether oxygens (including phenoxy) is 1. The summed E-state index contributed by atoms with van der Waals surface area (Å²) in [6, 6.07) is 0. The van der Waals surface area contributed by atoms with Gasteiger partial charge in [0.1, 0.15) is 0 Å². The van der Waals surface area contributed by atoms with Crippen LogP contribution in [-0.2, 0) is 4.74 Å². The van der Waals surface area contributed by atoms with Crippen LogP contribution in [0.2, 0.25) is 0 Å². The van der Waals surface area contributed by atoms with Crippen LogP contribution in [0.5, 0.6) is 0 Å². The summed E-state index contributed by atoms with van der Waals surface area (Å²) in [5.41, 5.74) is 0. The lowest BCUT2D eigenvalue weighted by Crippen LogP contribution is -2.33. The van der Waals surface area contributed by atoms with Crippen LogP contribution in [0, 0.1) is 6.92 Å². The van der Waals surface area contributed by atoms with Crippen molar-refractivity contribution in [3.8, 4) is 0 Å². The minimum Gasteiger partial charge on any atom is -0.380 e. The fraction of sp³-hybridized carbons (Fsp3) is 0.833. The van der Waals surface area contributed by atoms with Gasteiger partial charge in [0.15, 0.2) is 0 Å². The van der Waals surface area contributed by atoms with E-state index in [2.05, 4.69) is 6.92 Å². The second-order valence-corrected chi connectivity index (χ2v) is 4.58. The third-order valence-corrected chi connectivity index (χ3v) is 2.34. The van der Waals surface area contributed by atoms with Gasteiger partial charge in [0.25, 0.3) is 0 Å². The zero-order valence-corrected chi connectivity index (χ0v) is 7.44. The highest BCUT2D eigenvalue weighted by atomic mass is 28.1. The summed E-state index contributed by atoms with van der Waals surface area (Å²) in [5.74, 6) is 0. The van der Waals surface area contributed by atoms with E-state index in [1.807, 2.05) is 0 Å². The summed E-state index contributed by atoms with van der Waals surface area (Å²) in [7, 11) is 1.08. The lowest BCUT2D eigenvalue weighted by molar-refractivity contribution is 0.0134. The second kappa shape index (κ2) is 2.19. The summed E-state index contributed by atoms with van der Waals surface area (Å²) in [6.07, 6.45) is 3.73. The first kappa shape index (κ1) is 6.30. The Kier molecular flexibility index (Phi) is 1.73. The Morgan fingerprint density at radius 3 is 2.62 bits per heavy atom. The molecule has 47 valence electrons. The van der Waals surface area contributed by atoms with Gasteiger partial charge >= 0.3 is 1.43 Å². The van der Waals surface area contributed by atoms with Gasteiger partial charge in [0.05, 0.1) is 0 Å². The molecule has 0 spiro atoms. The molecule has 1 saturated heterocycles. The Morgan fingerprint density at radius 1 is 1.62 bits per heavy atom. The fourth-order valence-corrected chi connectivity index (χ4v) is 1.55. The van der Waals surface area contributed by atoms with Crippen LogP contribution in [0.25, 0.3) is 0 Å². The third kappa shape index (κ3) is 1.60. The van der Waals surface area contributed by atoms with E-state index in [1.54, 1.807) is 0 Å². The topological polar surface area (TPSA) is 9.23 Å². The van der Waals surface area contributed by atoms with E-state index in [9.17, 15) is 0 Å². The minimum atomic E-state index is 0. The van der Waals surface area contributed by atoms with Gasteiger partial charge < -0.3 is 4.74 Å². The summed E-state index contributed by atoms with van der Waals surface area (Å²) in [4.78, 5) is 0. The number of rotatable bonds is 0. The van der Waals surface area contributed by atoms with Crippen LogP contribution in [0.3, 0.4) is 0 Å². The first-order valence-corrected chi connectivity index (χ1v) is 4.20. The van der Waals surface area contributed by atoms with E-state index in [4.69, 9.17) is 4.74 Å². The Balaban J connectivity index is 0.000000640. The van der Waals surface area contributed by atoms with Crippen molar-refractivity contribution >= 4 is 10.2 Å². The molecule has 8 heavy (non-hydrogen) atoms. The highest BCUT2D eigenvalue weighted by Crippen LogP contribution is 2.19. The van der Waals surface area contributed by atoms with Crippen LogP contribution < -0.4 is 0 Å². The second-order valence-electron chi connectivity index (χ2n) is 2.76. The molecule has 1 aliphatic heterocycles. The van der Waals surface area contributed by atoms with Gasteiger partial charge in [-0.1, -0.05) is 0 Å². The lowest BCUT2D eigenvalue weighted by Gasteiger charge is -2.29. The summed E-state index contributed by atoms with van der Waals surface area (Å²) < 4.78 is 5.42. The Morgan fingerprint density at radius 2 is 2.38 bits per heavy atom. The molecule has 0 saturated carbocycles. The lowest BCUT2D eigenvalue weighted by atomic mass is 10.1. The smallest absolute Gasteiger partial charge is 0.380 e. The van der Waals surface area contributed by atoms with Crippen molar-refractivity contribution in [1.82, 2.24) is 0 Å². The van der Waals surface area contributed by atoms with E-state index >= 15 is 0 Å². The van der Waals surface area contributed by atoms with E-state index < -0.39 is 0 Å². The molecule has 0 aromatic carbocycles. The Labute approximate surface area is 55.3 Å². The van der Waals surface area contributed by atoms with Crippen molar-refractivity contribution in [2.45, 2.75) is 24.5 Å². The maximum Gasteiger partial charge on any atom is 1.00 e. The standard InChI is InChI=1S/C6H13OSi/c1-6(8)4-2-3-5-7-6/h1-5H2,8H3/p+1. The Hall–Kier alpha value is 0.177. The molecule has 1 atom stereocenters. The monoisotopic (exact) mass is 130 g/mol. The molecular formula is C6H14OSi+. The fourth-order valence-electron chi connectivity index (χ4n) is 0.992. The van der Waals surface area contributed by atoms with E-state index in [1.165, 1.54) is 19.3 Å². The average molecular weight is 130 g/mol. The first-order valence-electron chi connectivity index (χ1n) is 3.20. The van der Waals surface area contributed by atoms with E-state index in [0.717, 1.165) is 16.8 Å². The van der Waals surface area contributed by atoms with Crippen molar-refractivity contribution in [2.24, 2.45) is 0 Å². The molecule has 1 nitrogen and oxygen atoms in total. The number of hydrogen-bond donors (Lipinski definition) is 0. The first-order chi connectivity index (χ1) is 3.71. The summed E-state index contributed by atoms with van der Waals surface area (Å²) in [6.45, 7) is 4.91. The van der Waals surface area contributed by atoms with Gasteiger partial charge in [0.2, 0.25) is 0 Å². The molecule has 1 fully saturated rings. The van der Waals surface area contributed by atoms with E-state index in [0.29, 0.717) is 0 Å². The molecular weight excluding hydrogens is 116 g/mol. The predicted octanol–water partition coefficient (Wildman–Crippen LogP) is 0.195. The summed E-state index contributed by atoms with van der Waals surface area (Å²) >= 11 is 0. The molecule has 1 radical (unpaired) electrons. The van der Waals surface area contributed by atoms with Crippen molar-refractivity contribution in [1.29, 1.82) is 0 Å². The van der Waals surface area contributed by atoms with Crippen molar-refractivity contribution in [2.75, 3.05) is 6.61 Å². The average Bonchev–Trinajstić information content (AvgIpc) is 1.65. The van der Waals surface area contributed by atoms with E-state index in [-0.39, 0.29) is 6.65 Å². The van der Waals surface area contributed by atoms with Gasteiger partial charge in [-0.05, 0) is 26.2 Å². The largest absolute Gasteiger partial charge is 1.00 e. The molecule has 0 aromatic heterocycles. The van der Waals surface area contributed by atoms with Gasteiger partial charge in [0, 0.05) is 22.1 Å². The van der Waals surface area contributed by atoms with Crippen molar-refractivity contribution in [3.63, 3.8) is 0 Å². The SMILES string of the molecule is [CH2]C1([SiH3])CCCCO1.[H+]. The van der Waals surface area contributed by atoms with Crippen LogP contribution in [0.1, 0.15) is 20.7 Å². The molecule has 0 N–H and O–H groups in total. The highest BCUT2D eigenvalue weighted by molar-refractivity contribution is 6.15. The third-order valence-electron chi connectivity index (χ3n) is 1.55. The summed E-state index contributed by atoms with van der Waals surface area (Å²) in [5, 5.41) is 0.0677. The van der Waals surface area contributed by atoms with Gasteiger partial charge in [-0.25, -0.2) is 0 Å². The molecule has 1 aliphatic rings. The zero-order valence-electron chi connectivity index (χ0n) is 6.44. The van der Waals surface area contributed by atoms with Gasteiger partial charge in [-0.15, -0.1) is 0 Å². The molecule has 0 bridgehead atoms. The quantitative estimate of drug-likeness (QED) is 0.426. The van der Waals surface area contributed by atoms with Crippen LogP contribution in [-0.4, -0.2) is 22.1 Å². The molecule has 0 aromatic rings. The predicted molar refractivity (Wildman–Crippen MR) is 38.9 cm³/mol. The van der Waals surface area contributed by atoms with Crippen molar-refractivity contribution in [3.05, 3.63) is 6.92 Å². The van der Waals surface area contributed by atoms with Gasteiger partial charge in [-0.2, -0.15) is 0 Å². The van der Waals surface area contributed by atoms with Crippen LogP contribution >= 0.6 is 0 Å². The number of hydrogen-bond acceptors (Lipinski definition) is 1. The molecule has 0 amide bonds. The zero-order chi connectivity index (χ0) is 6.04. The van der Waals surface area contributed by atoms with Crippen LogP contribution in [0.15, 0.2) is 0 Å². The molecule has 1 unspecified atom stereocenters.